The molecule has 1 aromatic carbocycles. The summed E-state index contributed by atoms with van der Waals surface area (Å²) in [5.41, 5.74) is 1.20. The fourth-order valence-corrected chi connectivity index (χ4v) is 3.74. The van der Waals surface area contributed by atoms with Gasteiger partial charge in [0.1, 0.15) is 5.82 Å². The van der Waals surface area contributed by atoms with Gasteiger partial charge in [-0.3, -0.25) is 4.99 Å². The van der Waals surface area contributed by atoms with Crippen LogP contribution >= 0.6 is 27.7 Å². The van der Waals surface area contributed by atoms with E-state index in [1.807, 2.05) is 0 Å². The summed E-state index contributed by atoms with van der Waals surface area (Å²) in [5, 5.41) is 4.18. The van der Waals surface area contributed by atoms with Gasteiger partial charge in [-0.1, -0.05) is 25.6 Å². The van der Waals surface area contributed by atoms with Gasteiger partial charge >= 0.3 is 0 Å². The summed E-state index contributed by atoms with van der Waals surface area (Å²) in [6.45, 7) is 5.33. The van der Waals surface area contributed by atoms with E-state index >= 15 is 0 Å². The van der Waals surface area contributed by atoms with E-state index in [9.17, 15) is 4.39 Å². The summed E-state index contributed by atoms with van der Waals surface area (Å²) in [4.78, 5) is 4.64. The minimum atomic E-state index is -0.244. The van der Waals surface area contributed by atoms with Gasteiger partial charge in [0.15, 0.2) is 5.17 Å². The van der Waals surface area contributed by atoms with Crippen molar-refractivity contribution in [2.45, 2.75) is 26.7 Å². The maximum absolute atomic E-state index is 13.0. The summed E-state index contributed by atoms with van der Waals surface area (Å²) in [5.74, 6) is 0.844. The Hall–Kier alpha value is -0.550. The molecule has 1 heterocycles. The quantitative estimate of drug-likeness (QED) is 0.842. The molecule has 0 atom stereocenters. The van der Waals surface area contributed by atoms with Gasteiger partial charge in [-0.05, 0) is 52.4 Å². The smallest absolute Gasteiger partial charge is 0.161 e. The zero-order valence-corrected chi connectivity index (χ0v) is 13.6. The molecule has 0 saturated carbocycles. The van der Waals surface area contributed by atoms with Crippen molar-refractivity contribution in [1.82, 2.24) is 0 Å². The Balaban J connectivity index is 2.07. The summed E-state index contributed by atoms with van der Waals surface area (Å²) < 4.78 is 13.7. The molecule has 0 amide bonds. The molecule has 1 aromatic rings. The Morgan fingerprint density at radius 2 is 2.16 bits per heavy atom. The minimum absolute atomic E-state index is 0.244. The van der Waals surface area contributed by atoms with Crippen LogP contribution in [0.5, 0.6) is 0 Å². The van der Waals surface area contributed by atoms with E-state index in [0.29, 0.717) is 5.41 Å². The summed E-state index contributed by atoms with van der Waals surface area (Å²) in [7, 11) is 0. The van der Waals surface area contributed by atoms with Crippen molar-refractivity contribution in [3.05, 3.63) is 28.5 Å². The number of nitrogens with zero attached hydrogens (tertiary/aromatic N) is 1. The molecule has 0 aromatic heterocycles. The molecule has 1 aliphatic rings. The second-order valence-electron chi connectivity index (χ2n) is 4.87. The molecule has 1 N–H and O–H groups in total. The normalized spacial score (nSPS) is 18.0. The van der Waals surface area contributed by atoms with Crippen LogP contribution in [0, 0.1) is 11.2 Å². The van der Waals surface area contributed by atoms with Gasteiger partial charge in [0.2, 0.25) is 0 Å². The van der Waals surface area contributed by atoms with E-state index < -0.39 is 0 Å². The van der Waals surface area contributed by atoms with Crippen LogP contribution in [0.1, 0.15) is 26.7 Å². The number of halogens is 2. The Bertz CT molecular complexity index is 486. The molecule has 104 valence electrons. The van der Waals surface area contributed by atoms with Crippen molar-refractivity contribution in [2.24, 2.45) is 10.4 Å². The molecule has 0 fully saturated rings. The zero-order valence-electron chi connectivity index (χ0n) is 11.2. The van der Waals surface area contributed by atoms with Crippen molar-refractivity contribution in [2.75, 3.05) is 17.6 Å². The topological polar surface area (TPSA) is 24.4 Å². The molecule has 5 heteroatoms. The first-order valence-corrected chi connectivity index (χ1v) is 8.26. The molecule has 0 aliphatic carbocycles. The van der Waals surface area contributed by atoms with Gasteiger partial charge in [-0.25, -0.2) is 4.39 Å². The number of nitrogens with one attached hydrogen (secondary N) is 1. The maximum atomic E-state index is 13.0. The second kappa shape index (κ2) is 6.27. The fourth-order valence-electron chi connectivity index (χ4n) is 2.01. The third-order valence-corrected chi connectivity index (χ3v) is 5.66. The van der Waals surface area contributed by atoms with E-state index in [1.165, 1.54) is 12.1 Å². The first-order valence-electron chi connectivity index (χ1n) is 6.48. The van der Waals surface area contributed by atoms with Crippen LogP contribution < -0.4 is 5.32 Å². The first-order chi connectivity index (χ1) is 9.08. The molecule has 1 aliphatic heterocycles. The lowest BCUT2D eigenvalue weighted by Gasteiger charge is -2.33. The third kappa shape index (κ3) is 3.51. The van der Waals surface area contributed by atoms with E-state index in [-0.39, 0.29) is 5.82 Å². The molecule has 0 unspecified atom stereocenters. The monoisotopic (exact) mass is 344 g/mol. The molecular weight excluding hydrogens is 327 g/mol. The minimum Gasteiger partial charge on any atom is -0.334 e. The van der Waals surface area contributed by atoms with Crippen LogP contribution in [0.4, 0.5) is 10.1 Å². The highest BCUT2D eigenvalue weighted by atomic mass is 79.9. The average molecular weight is 345 g/mol. The van der Waals surface area contributed by atoms with Gasteiger partial charge in [0.25, 0.3) is 0 Å². The van der Waals surface area contributed by atoms with Crippen LogP contribution in [-0.2, 0) is 0 Å². The highest BCUT2D eigenvalue weighted by molar-refractivity contribution is 9.10. The Morgan fingerprint density at radius 1 is 1.42 bits per heavy atom. The van der Waals surface area contributed by atoms with Crippen LogP contribution in [0.25, 0.3) is 0 Å². The number of rotatable bonds is 3. The van der Waals surface area contributed by atoms with Crippen LogP contribution in [0.2, 0.25) is 0 Å². The maximum Gasteiger partial charge on any atom is 0.161 e. The predicted octanol–water partition coefficient (Wildman–Crippen LogP) is 4.91. The molecule has 0 bridgehead atoms. The van der Waals surface area contributed by atoms with E-state index in [0.717, 1.165) is 40.5 Å². The highest BCUT2D eigenvalue weighted by Crippen LogP contribution is 2.36. The molecule has 0 spiro atoms. The van der Waals surface area contributed by atoms with Crippen LogP contribution in [0.3, 0.4) is 0 Å². The van der Waals surface area contributed by atoms with Crippen molar-refractivity contribution >= 4 is 38.5 Å². The standard InChI is InChI=1S/C14H18BrFN2S/c1-3-14(4-2)8-17-13(19-9-14)18-12-6-5-10(16)7-11(12)15/h5-7H,3-4,8-9H2,1-2H3,(H,17,18). The Morgan fingerprint density at radius 3 is 2.68 bits per heavy atom. The molecular formula is C14H18BrFN2S. The number of benzene rings is 1. The molecule has 0 saturated heterocycles. The number of hydrogen-bond acceptors (Lipinski definition) is 3. The summed E-state index contributed by atoms with van der Waals surface area (Å²) in [6.07, 6.45) is 2.32. The van der Waals surface area contributed by atoms with E-state index in [4.69, 9.17) is 0 Å². The summed E-state index contributed by atoms with van der Waals surface area (Å²) in [6, 6.07) is 4.63. The number of amidine groups is 1. The predicted molar refractivity (Wildman–Crippen MR) is 85.5 cm³/mol. The van der Waals surface area contributed by atoms with Gasteiger partial charge in [-0.15, -0.1) is 0 Å². The number of hydrogen-bond donors (Lipinski definition) is 1. The molecule has 19 heavy (non-hydrogen) atoms. The second-order valence-corrected chi connectivity index (χ2v) is 6.68. The highest BCUT2D eigenvalue weighted by Gasteiger charge is 2.30. The number of aliphatic imine (C=N–C) groups is 1. The largest absolute Gasteiger partial charge is 0.334 e. The Labute approximate surface area is 126 Å². The third-order valence-electron chi connectivity index (χ3n) is 3.75. The molecule has 0 radical (unpaired) electrons. The molecule has 2 rings (SSSR count). The Kier molecular flexibility index (Phi) is 4.90. The van der Waals surface area contributed by atoms with Crippen LogP contribution in [-0.4, -0.2) is 17.5 Å². The van der Waals surface area contributed by atoms with Crippen molar-refractivity contribution in [3.63, 3.8) is 0 Å². The SMILES string of the molecule is CCC1(CC)CN=C(Nc2ccc(F)cc2Br)SC1. The first kappa shape index (κ1) is 14.9. The molecule has 2 nitrogen and oxygen atoms in total. The van der Waals surface area contributed by atoms with Gasteiger partial charge < -0.3 is 5.32 Å². The van der Waals surface area contributed by atoms with Crippen molar-refractivity contribution < 1.29 is 4.39 Å². The average Bonchev–Trinajstić information content (AvgIpc) is 2.43. The number of anilines is 1. The number of thioether (sulfide) groups is 1. The van der Waals surface area contributed by atoms with Crippen LogP contribution in [0.15, 0.2) is 27.7 Å². The van der Waals surface area contributed by atoms with Gasteiger partial charge in [0.05, 0.1) is 5.69 Å². The van der Waals surface area contributed by atoms with E-state index in [1.54, 1.807) is 17.8 Å². The fraction of sp³-hybridized carbons (Fsp3) is 0.500. The summed E-state index contributed by atoms with van der Waals surface area (Å²) >= 11 is 5.11. The lowest BCUT2D eigenvalue weighted by atomic mass is 9.84. The lowest BCUT2D eigenvalue weighted by Crippen LogP contribution is -2.32. The van der Waals surface area contributed by atoms with Gasteiger partial charge in [0, 0.05) is 16.8 Å². The van der Waals surface area contributed by atoms with Crippen molar-refractivity contribution in [3.8, 4) is 0 Å². The zero-order chi connectivity index (χ0) is 13.9. The van der Waals surface area contributed by atoms with Crippen molar-refractivity contribution in [1.29, 1.82) is 0 Å². The van der Waals surface area contributed by atoms with Gasteiger partial charge in [-0.2, -0.15) is 0 Å². The lowest BCUT2D eigenvalue weighted by molar-refractivity contribution is 0.318. The van der Waals surface area contributed by atoms with E-state index in [2.05, 4.69) is 40.1 Å².